The minimum absolute atomic E-state index is 0.122. The van der Waals surface area contributed by atoms with Gasteiger partial charge in [-0.2, -0.15) is 4.98 Å². The number of carbonyl (C=O) groups excluding carboxylic acids is 1. The molecule has 0 bridgehead atoms. The Morgan fingerprint density at radius 1 is 1.35 bits per heavy atom. The number of aromatic nitrogens is 2. The topological polar surface area (TPSA) is 84.4 Å². The predicted octanol–water partition coefficient (Wildman–Crippen LogP) is 1.79. The fourth-order valence-corrected chi connectivity index (χ4v) is 3.31. The van der Waals surface area contributed by atoms with Crippen molar-refractivity contribution in [2.45, 2.75) is 37.6 Å². The Labute approximate surface area is 134 Å². The molecule has 122 valence electrons. The van der Waals surface area contributed by atoms with E-state index >= 15 is 0 Å². The summed E-state index contributed by atoms with van der Waals surface area (Å²) < 4.78 is 10.6. The number of carbonyl (C=O) groups is 1. The first-order chi connectivity index (χ1) is 11.3. The van der Waals surface area contributed by atoms with Gasteiger partial charge in [0.05, 0.1) is 18.7 Å². The average Bonchev–Trinajstić information content (AvgIpc) is 3.22. The molecule has 2 aromatic heterocycles. The number of likely N-dealkylation sites (tertiary alicyclic amines) is 1. The first-order valence-electron chi connectivity index (χ1n) is 8.17. The van der Waals surface area contributed by atoms with Gasteiger partial charge in [-0.25, -0.2) is 0 Å². The molecular formula is C16H20N4O3. The lowest BCUT2D eigenvalue weighted by molar-refractivity contribution is -0.124. The molecule has 2 aliphatic rings. The van der Waals surface area contributed by atoms with E-state index < -0.39 is 0 Å². The molecule has 2 aromatic rings. The summed E-state index contributed by atoms with van der Waals surface area (Å²) in [6, 6.07) is 3.97. The number of nitrogens with zero attached hydrogens (tertiary/aromatic N) is 3. The molecule has 0 atom stereocenters. The van der Waals surface area contributed by atoms with Crippen LogP contribution in [0, 0.1) is 0 Å². The Morgan fingerprint density at radius 2 is 2.17 bits per heavy atom. The summed E-state index contributed by atoms with van der Waals surface area (Å²) in [7, 11) is 0. The van der Waals surface area contributed by atoms with Gasteiger partial charge in [-0.15, -0.1) is 0 Å². The van der Waals surface area contributed by atoms with E-state index in [2.05, 4.69) is 20.4 Å². The van der Waals surface area contributed by atoms with E-state index in [1.807, 2.05) is 0 Å². The van der Waals surface area contributed by atoms with Crippen LogP contribution in [0.5, 0.6) is 0 Å². The van der Waals surface area contributed by atoms with Gasteiger partial charge in [-0.1, -0.05) is 18.0 Å². The van der Waals surface area contributed by atoms with Crippen molar-refractivity contribution in [1.29, 1.82) is 0 Å². The van der Waals surface area contributed by atoms with Crippen molar-refractivity contribution in [2.75, 3.05) is 19.6 Å². The molecule has 0 spiro atoms. The molecule has 1 N–H and O–H groups in total. The van der Waals surface area contributed by atoms with Crippen LogP contribution in [0.3, 0.4) is 0 Å². The van der Waals surface area contributed by atoms with Crippen molar-refractivity contribution >= 4 is 5.91 Å². The summed E-state index contributed by atoms with van der Waals surface area (Å²) in [5.74, 6) is 2.01. The highest BCUT2D eigenvalue weighted by atomic mass is 16.5. The normalized spacial score (nSPS) is 19.8. The van der Waals surface area contributed by atoms with Crippen molar-refractivity contribution in [3.05, 3.63) is 24.3 Å². The van der Waals surface area contributed by atoms with Gasteiger partial charge < -0.3 is 14.3 Å². The maximum Gasteiger partial charge on any atom is 0.238 e. The molecular weight excluding hydrogens is 296 g/mol. The van der Waals surface area contributed by atoms with E-state index in [1.165, 1.54) is 12.8 Å². The summed E-state index contributed by atoms with van der Waals surface area (Å²) in [6.45, 7) is 2.00. The van der Waals surface area contributed by atoms with Crippen LogP contribution < -0.4 is 5.32 Å². The molecule has 0 aromatic carbocycles. The molecule has 7 nitrogen and oxygen atoms in total. The van der Waals surface area contributed by atoms with Gasteiger partial charge in [-0.05, 0) is 25.0 Å². The number of nitrogens with one attached hydrogen (secondary N) is 1. The van der Waals surface area contributed by atoms with Crippen LogP contribution in [0.4, 0.5) is 0 Å². The van der Waals surface area contributed by atoms with Crippen LogP contribution in [-0.4, -0.2) is 46.6 Å². The van der Waals surface area contributed by atoms with Gasteiger partial charge in [0.1, 0.15) is 0 Å². The van der Waals surface area contributed by atoms with Crippen LogP contribution >= 0.6 is 0 Å². The van der Waals surface area contributed by atoms with Crippen LogP contribution in [0.1, 0.15) is 37.5 Å². The Morgan fingerprint density at radius 3 is 2.91 bits per heavy atom. The van der Waals surface area contributed by atoms with Crippen LogP contribution in [0.2, 0.25) is 0 Å². The van der Waals surface area contributed by atoms with E-state index in [0.29, 0.717) is 30.1 Å². The second kappa shape index (κ2) is 6.16. The minimum Gasteiger partial charge on any atom is -0.461 e. The highest BCUT2D eigenvalue weighted by Gasteiger charge is 2.34. The van der Waals surface area contributed by atoms with E-state index in [1.54, 1.807) is 18.4 Å². The Kier molecular flexibility index (Phi) is 3.87. The molecule has 3 heterocycles. The largest absolute Gasteiger partial charge is 0.461 e. The predicted molar refractivity (Wildman–Crippen MR) is 81.6 cm³/mol. The van der Waals surface area contributed by atoms with E-state index in [9.17, 15) is 4.79 Å². The molecule has 4 rings (SSSR count). The molecule has 1 saturated carbocycles. The molecule has 1 aliphatic heterocycles. The lowest BCUT2D eigenvalue weighted by Gasteiger charge is -2.36. The monoisotopic (exact) mass is 316 g/mol. The summed E-state index contributed by atoms with van der Waals surface area (Å²) in [5.41, 5.74) is 0. The molecule has 2 fully saturated rings. The third-order valence-electron chi connectivity index (χ3n) is 4.58. The summed E-state index contributed by atoms with van der Waals surface area (Å²) >= 11 is 0. The third kappa shape index (κ3) is 3.14. The number of rotatable bonds is 5. The van der Waals surface area contributed by atoms with Crippen LogP contribution in [0.15, 0.2) is 27.3 Å². The smallest absolute Gasteiger partial charge is 0.238 e. The zero-order valence-electron chi connectivity index (χ0n) is 12.9. The molecule has 1 saturated heterocycles. The van der Waals surface area contributed by atoms with E-state index in [0.717, 1.165) is 25.9 Å². The van der Waals surface area contributed by atoms with Crippen LogP contribution in [-0.2, 0) is 4.79 Å². The van der Waals surface area contributed by atoms with Crippen LogP contribution in [0.25, 0.3) is 11.6 Å². The zero-order valence-corrected chi connectivity index (χ0v) is 12.9. The Hall–Kier alpha value is -2.15. The van der Waals surface area contributed by atoms with Gasteiger partial charge in [0.15, 0.2) is 5.76 Å². The molecule has 0 radical (unpaired) electrons. The van der Waals surface area contributed by atoms with Crippen molar-refractivity contribution < 1.29 is 13.7 Å². The molecule has 0 unspecified atom stereocenters. The summed E-state index contributed by atoms with van der Waals surface area (Å²) in [6.07, 6.45) is 6.27. The number of furan rings is 1. The average molecular weight is 316 g/mol. The van der Waals surface area contributed by atoms with Crippen molar-refractivity contribution in [1.82, 2.24) is 20.4 Å². The quantitative estimate of drug-likeness (QED) is 0.905. The van der Waals surface area contributed by atoms with Gasteiger partial charge in [0, 0.05) is 19.1 Å². The Bertz CT molecular complexity index is 655. The number of hydrogen-bond acceptors (Lipinski definition) is 6. The molecule has 7 heteroatoms. The Balaban J connectivity index is 1.25. The van der Waals surface area contributed by atoms with Gasteiger partial charge in [0.2, 0.25) is 17.6 Å². The van der Waals surface area contributed by atoms with E-state index in [4.69, 9.17) is 8.94 Å². The zero-order chi connectivity index (χ0) is 15.6. The number of hydrogen-bond donors (Lipinski definition) is 1. The van der Waals surface area contributed by atoms with Crippen molar-refractivity contribution in [3.8, 4) is 11.6 Å². The number of amides is 1. The second-order valence-electron chi connectivity index (χ2n) is 6.37. The molecule has 23 heavy (non-hydrogen) atoms. The maximum atomic E-state index is 12.0. The molecule has 1 aliphatic carbocycles. The lowest BCUT2D eigenvalue weighted by atomic mass is 10.0. The summed E-state index contributed by atoms with van der Waals surface area (Å²) in [4.78, 5) is 18.5. The van der Waals surface area contributed by atoms with Gasteiger partial charge in [0.25, 0.3) is 0 Å². The van der Waals surface area contributed by atoms with Gasteiger partial charge in [-0.3, -0.25) is 9.69 Å². The highest BCUT2D eigenvalue weighted by molar-refractivity contribution is 5.78. The van der Waals surface area contributed by atoms with Crippen molar-refractivity contribution in [3.63, 3.8) is 0 Å². The summed E-state index contributed by atoms with van der Waals surface area (Å²) in [5, 5.41) is 7.05. The lowest BCUT2D eigenvalue weighted by Crippen LogP contribution is -2.50. The minimum atomic E-state index is 0.122. The van der Waals surface area contributed by atoms with Gasteiger partial charge >= 0.3 is 0 Å². The first-order valence-corrected chi connectivity index (χ1v) is 8.17. The first kappa shape index (κ1) is 14.4. The molecule has 1 amide bonds. The maximum absolute atomic E-state index is 12.0. The fourth-order valence-electron chi connectivity index (χ4n) is 3.31. The SMILES string of the molecule is O=C(CN1CC(c2nc(-c3ccco3)no2)C1)NC1CCCC1. The van der Waals surface area contributed by atoms with Crippen molar-refractivity contribution in [2.24, 2.45) is 0 Å². The standard InChI is InChI=1S/C16H20N4O3/c21-14(17-12-4-1-2-5-12)10-20-8-11(9-20)16-18-15(19-23-16)13-6-3-7-22-13/h3,6-7,11-12H,1-2,4-5,8-10H2,(H,17,21). The second-order valence-corrected chi connectivity index (χ2v) is 6.37. The fraction of sp³-hybridized carbons (Fsp3) is 0.562. The van der Waals surface area contributed by atoms with E-state index in [-0.39, 0.29) is 11.8 Å². The third-order valence-corrected chi connectivity index (χ3v) is 4.58. The highest BCUT2D eigenvalue weighted by Crippen LogP contribution is 2.27.